The van der Waals surface area contributed by atoms with Crippen molar-refractivity contribution in [2.75, 3.05) is 13.1 Å². The van der Waals surface area contributed by atoms with Crippen LogP contribution in [0.3, 0.4) is 0 Å². The van der Waals surface area contributed by atoms with Gasteiger partial charge in [0.2, 0.25) is 0 Å². The van der Waals surface area contributed by atoms with E-state index in [1.54, 1.807) is 5.57 Å². The van der Waals surface area contributed by atoms with E-state index in [0.717, 1.165) is 19.5 Å². The first kappa shape index (κ1) is 26.4. The molecule has 2 unspecified atom stereocenters. The third-order valence-corrected chi connectivity index (χ3v) is 10.2. The van der Waals surface area contributed by atoms with E-state index in [1.807, 2.05) is 0 Å². The van der Waals surface area contributed by atoms with Crippen LogP contribution in [0.1, 0.15) is 65.1 Å². The number of rotatable bonds is 3. The molecule has 4 atom stereocenters. The van der Waals surface area contributed by atoms with E-state index in [0.29, 0.717) is 11.8 Å². The summed E-state index contributed by atoms with van der Waals surface area (Å²) in [6.45, 7) is 16.1. The van der Waals surface area contributed by atoms with Gasteiger partial charge in [-0.2, -0.15) is 0 Å². The Morgan fingerprint density at radius 2 is 1.78 bits per heavy atom. The zero-order chi connectivity index (χ0) is 28.6. The number of hydrogen-bond donors (Lipinski definition) is 0. The standard InChI is InChI=1S/C39H44N2/c1-27(2)22-28-15-18-36-38(6)20-11-10-14-35(38)39(41(36)25-28)26-40-21-19-31(37(3,4)5)24-34(40)32-23-30(16-17-33(32)39)29-12-8-7-9-13-29/h7-21,23-24,27,34-35H,22,25-26H2,1-6H3/t34?,35-,38?,39-/m0/s1. The Balaban J connectivity index is 1.46. The van der Waals surface area contributed by atoms with Crippen molar-refractivity contribution < 1.29 is 0 Å². The van der Waals surface area contributed by atoms with Crippen LogP contribution in [0.2, 0.25) is 0 Å². The summed E-state index contributed by atoms with van der Waals surface area (Å²) in [4.78, 5) is 5.46. The number of benzene rings is 2. The second-order valence-corrected chi connectivity index (χ2v) is 14.5. The van der Waals surface area contributed by atoms with Crippen LogP contribution in [0.4, 0.5) is 0 Å². The molecule has 5 aliphatic rings. The number of hydrogen-bond acceptors (Lipinski definition) is 2. The van der Waals surface area contributed by atoms with Gasteiger partial charge in [0.05, 0.1) is 11.6 Å². The normalized spacial score (nSPS) is 29.6. The van der Waals surface area contributed by atoms with Crippen LogP contribution in [0.25, 0.3) is 11.1 Å². The van der Waals surface area contributed by atoms with Gasteiger partial charge >= 0.3 is 0 Å². The molecule has 210 valence electrons. The van der Waals surface area contributed by atoms with E-state index < -0.39 is 0 Å². The Labute approximate surface area is 247 Å². The first-order chi connectivity index (χ1) is 19.6. The average Bonchev–Trinajstić information content (AvgIpc) is 3.16. The van der Waals surface area contributed by atoms with Crippen LogP contribution in [0.5, 0.6) is 0 Å². The molecule has 41 heavy (non-hydrogen) atoms. The van der Waals surface area contributed by atoms with Gasteiger partial charge in [-0.1, -0.05) is 119 Å². The SMILES string of the molecule is CC(C)CC1=CC=C2N(C1)[C@]1(CN3C=CC(C(C)(C)C)=CC3c3cc(-c4ccccc4)ccc31)[C@H]1C=CC=CC21C. The van der Waals surface area contributed by atoms with E-state index in [9.17, 15) is 0 Å². The molecule has 0 radical (unpaired) electrons. The van der Waals surface area contributed by atoms with E-state index >= 15 is 0 Å². The molecule has 4 heterocycles. The van der Waals surface area contributed by atoms with Gasteiger partial charge in [0.25, 0.3) is 0 Å². The van der Waals surface area contributed by atoms with Gasteiger partial charge in [-0.3, -0.25) is 0 Å². The third-order valence-electron chi connectivity index (χ3n) is 10.2. The molecule has 2 heteroatoms. The first-order valence-electron chi connectivity index (χ1n) is 15.5. The summed E-state index contributed by atoms with van der Waals surface area (Å²) in [6.07, 6.45) is 22.9. The highest BCUT2D eigenvalue weighted by molar-refractivity contribution is 5.67. The Morgan fingerprint density at radius 1 is 0.976 bits per heavy atom. The molecule has 2 nitrogen and oxygen atoms in total. The van der Waals surface area contributed by atoms with Crippen molar-refractivity contribution in [3.63, 3.8) is 0 Å². The fourth-order valence-electron chi connectivity index (χ4n) is 8.29. The van der Waals surface area contributed by atoms with Crippen molar-refractivity contribution in [1.29, 1.82) is 0 Å². The maximum Gasteiger partial charge on any atom is 0.0907 e. The summed E-state index contributed by atoms with van der Waals surface area (Å²) in [7, 11) is 0. The van der Waals surface area contributed by atoms with Gasteiger partial charge < -0.3 is 9.80 Å². The van der Waals surface area contributed by atoms with Crippen LogP contribution < -0.4 is 0 Å². The van der Waals surface area contributed by atoms with Crippen LogP contribution in [0, 0.1) is 22.7 Å². The molecule has 2 aromatic carbocycles. The molecule has 0 bridgehead atoms. The zero-order valence-electron chi connectivity index (χ0n) is 25.6. The summed E-state index contributed by atoms with van der Waals surface area (Å²) >= 11 is 0. The van der Waals surface area contributed by atoms with E-state index in [-0.39, 0.29) is 22.4 Å². The Hall–Kier alpha value is -3.52. The van der Waals surface area contributed by atoms with Gasteiger partial charge in [0.15, 0.2) is 0 Å². The van der Waals surface area contributed by atoms with E-state index in [1.165, 1.54) is 33.5 Å². The summed E-state index contributed by atoms with van der Waals surface area (Å²) in [5.74, 6) is 0.997. The average molecular weight is 541 g/mol. The van der Waals surface area contributed by atoms with Gasteiger partial charge in [0.1, 0.15) is 0 Å². The highest BCUT2D eigenvalue weighted by Gasteiger charge is 2.64. The Morgan fingerprint density at radius 3 is 2.54 bits per heavy atom. The molecule has 7 rings (SSSR count). The lowest BCUT2D eigenvalue weighted by atomic mass is 9.63. The summed E-state index contributed by atoms with van der Waals surface area (Å²) < 4.78 is 0. The van der Waals surface area contributed by atoms with Crippen molar-refractivity contribution in [3.8, 4) is 11.1 Å². The molecule has 1 saturated heterocycles. The molecule has 1 fully saturated rings. The predicted octanol–water partition coefficient (Wildman–Crippen LogP) is 9.34. The van der Waals surface area contributed by atoms with Gasteiger partial charge in [-0.15, -0.1) is 0 Å². The maximum absolute atomic E-state index is 2.82. The highest BCUT2D eigenvalue weighted by atomic mass is 15.3. The zero-order valence-corrected chi connectivity index (χ0v) is 25.6. The second kappa shape index (κ2) is 9.24. The van der Waals surface area contributed by atoms with Crippen molar-refractivity contribution >= 4 is 0 Å². The van der Waals surface area contributed by atoms with Crippen LogP contribution in [-0.2, 0) is 5.54 Å². The van der Waals surface area contributed by atoms with Crippen LogP contribution >= 0.6 is 0 Å². The lowest BCUT2D eigenvalue weighted by Crippen LogP contribution is -2.57. The molecular weight excluding hydrogens is 496 g/mol. The molecule has 0 saturated carbocycles. The lowest BCUT2D eigenvalue weighted by Gasteiger charge is -2.54. The summed E-state index contributed by atoms with van der Waals surface area (Å²) in [5, 5.41) is 0. The third kappa shape index (κ3) is 3.97. The molecule has 2 aromatic rings. The molecule has 1 spiro atoms. The predicted molar refractivity (Wildman–Crippen MR) is 172 cm³/mol. The van der Waals surface area contributed by atoms with Gasteiger partial charge in [-0.05, 0) is 70.7 Å². The number of allylic oxidation sites excluding steroid dienone is 7. The number of nitrogens with zero attached hydrogens (tertiary/aromatic N) is 2. The quantitative estimate of drug-likeness (QED) is 0.383. The molecule has 4 aliphatic heterocycles. The van der Waals surface area contributed by atoms with E-state index in [2.05, 4.69) is 155 Å². The fraction of sp³-hybridized carbons (Fsp3) is 0.385. The van der Waals surface area contributed by atoms with Crippen molar-refractivity contribution in [1.82, 2.24) is 9.80 Å². The summed E-state index contributed by atoms with van der Waals surface area (Å²) in [6, 6.07) is 18.5. The van der Waals surface area contributed by atoms with Crippen LogP contribution in [0.15, 0.2) is 120 Å². The smallest absolute Gasteiger partial charge is 0.0907 e. The molecule has 0 aromatic heterocycles. The minimum Gasteiger partial charge on any atom is -0.364 e. The number of fused-ring (bicyclic) bond motifs is 9. The molecule has 0 N–H and O–H groups in total. The highest BCUT2D eigenvalue weighted by Crippen LogP contribution is 2.64. The molecular formula is C39H44N2. The minimum absolute atomic E-state index is 0.0390. The van der Waals surface area contributed by atoms with Gasteiger partial charge in [-0.25, -0.2) is 0 Å². The van der Waals surface area contributed by atoms with Crippen molar-refractivity contribution in [3.05, 3.63) is 131 Å². The second-order valence-electron chi connectivity index (χ2n) is 14.5. The topological polar surface area (TPSA) is 6.48 Å². The monoisotopic (exact) mass is 540 g/mol. The fourth-order valence-corrected chi connectivity index (χ4v) is 8.29. The summed E-state index contributed by atoms with van der Waals surface area (Å²) in [5.41, 5.74) is 9.89. The molecule has 0 amide bonds. The minimum atomic E-state index is -0.156. The van der Waals surface area contributed by atoms with Crippen LogP contribution in [-0.4, -0.2) is 22.9 Å². The Kier molecular flexibility index (Phi) is 5.95. The maximum atomic E-state index is 2.82. The first-order valence-corrected chi connectivity index (χ1v) is 15.5. The lowest BCUT2D eigenvalue weighted by molar-refractivity contribution is 0.0649. The molecule has 1 aliphatic carbocycles. The van der Waals surface area contributed by atoms with E-state index in [4.69, 9.17) is 0 Å². The largest absolute Gasteiger partial charge is 0.364 e. The Bertz CT molecular complexity index is 1560. The van der Waals surface area contributed by atoms with Crippen molar-refractivity contribution in [2.24, 2.45) is 22.7 Å². The van der Waals surface area contributed by atoms with Crippen molar-refractivity contribution in [2.45, 2.75) is 59.5 Å². The van der Waals surface area contributed by atoms with Gasteiger partial charge in [0, 0.05) is 36.3 Å².